The molecule has 2 aromatic rings. The summed E-state index contributed by atoms with van der Waals surface area (Å²) >= 11 is 0. The van der Waals surface area contributed by atoms with Gasteiger partial charge in [-0.1, -0.05) is 18.2 Å². The lowest BCUT2D eigenvalue weighted by Gasteiger charge is -2.13. The van der Waals surface area contributed by atoms with Gasteiger partial charge in [-0.25, -0.2) is 0 Å². The Kier molecular flexibility index (Phi) is 4.95. The van der Waals surface area contributed by atoms with Crippen molar-refractivity contribution in [2.45, 2.75) is 13.2 Å². The van der Waals surface area contributed by atoms with Crippen molar-refractivity contribution in [3.8, 4) is 0 Å². The number of aromatic nitrogens is 1. The van der Waals surface area contributed by atoms with E-state index in [-0.39, 0.29) is 6.54 Å². The van der Waals surface area contributed by atoms with E-state index < -0.39 is 18.0 Å². The van der Waals surface area contributed by atoms with Crippen LogP contribution in [0.5, 0.6) is 0 Å². The summed E-state index contributed by atoms with van der Waals surface area (Å²) in [5.74, 6) is -1.22. The lowest BCUT2D eigenvalue weighted by atomic mass is 10.1. The molecule has 0 bridgehead atoms. The summed E-state index contributed by atoms with van der Waals surface area (Å²) in [4.78, 5) is 24.6. The van der Waals surface area contributed by atoms with Crippen LogP contribution in [0, 0.1) is 6.92 Å². The Bertz CT molecular complexity index is 701. The van der Waals surface area contributed by atoms with E-state index in [0.717, 1.165) is 16.6 Å². The second-order valence-electron chi connectivity index (χ2n) is 4.98. The van der Waals surface area contributed by atoms with Crippen molar-refractivity contribution in [2.75, 3.05) is 20.8 Å². The van der Waals surface area contributed by atoms with E-state index in [0.29, 0.717) is 5.56 Å². The molecule has 118 valence electrons. The molecule has 0 radical (unpaired) electrons. The molecule has 22 heavy (non-hydrogen) atoms. The zero-order chi connectivity index (χ0) is 16.3. The van der Waals surface area contributed by atoms with Crippen molar-refractivity contribution in [3.05, 3.63) is 35.5 Å². The highest BCUT2D eigenvalue weighted by Crippen LogP contribution is 2.25. The molecule has 0 aliphatic carbocycles. The highest BCUT2D eigenvalue weighted by atomic mass is 16.7. The topological polar surface area (TPSA) is 69.6 Å². The number of rotatable bonds is 6. The van der Waals surface area contributed by atoms with E-state index in [2.05, 4.69) is 5.32 Å². The van der Waals surface area contributed by atoms with Crippen molar-refractivity contribution in [1.29, 1.82) is 0 Å². The molecule has 1 aromatic carbocycles. The number of carbonyl (C=O) groups is 2. The summed E-state index contributed by atoms with van der Waals surface area (Å²) in [7, 11) is 4.81. The zero-order valence-corrected chi connectivity index (χ0v) is 13.2. The number of hydrogen-bond acceptors (Lipinski definition) is 4. The Hall–Kier alpha value is -2.18. The molecule has 0 aliphatic rings. The standard InChI is InChI=1S/C16H20N2O4/c1-10-14(11-7-5-6-8-12(11)18(10)2)15(19)16(20)17-9-13(21-3)22-4/h5-8,13H,9H2,1-4H3,(H,17,20). The van der Waals surface area contributed by atoms with Crippen molar-refractivity contribution < 1.29 is 19.1 Å². The fourth-order valence-electron chi connectivity index (χ4n) is 2.44. The van der Waals surface area contributed by atoms with E-state index in [1.54, 1.807) is 0 Å². The number of nitrogens with zero attached hydrogens (tertiary/aromatic N) is 1. The molecule has 1 N–H and O–H groups in total. The van der Waals surface area contributed by atoms with Crippen molar-refractivity contribution in [1.82, 2.24) is 9.88 Å². The first-order chi connectivity index (χ1) is 10.5. The van der Waals surface area contributed by atoms with Crippen LogP contribution in [0.15, 0.2) is 24.3 Å². The highest BCUT2D eigenvalue weighted by molar-refractivity contribution is 6.45. The first-order valence-corrected chi connectivity index (χ1v) is 6.93. The van der Waals surface area contributed by atoms with Gasteiger partial charge in [0, 0.05) is 37.9 Å². The van der Waals surface area contributed by atoms with Gasteiger partial charge in [0.05, 0.1) is 12.1 Å². The lowest BCUT2D eigenvalue weighted by molar-refractivity contribution is -0.123. The number of aryl methyl sites for hydroxylation is 1. The van der Waals surface area contributed by atoms with Crippen LogP contribution in [-0.2, 0) is 21.3 Å². The quantitative estimate of drug-likeness (QED) is 0.497. The van der Waals surface area contributed by atoms with Crippen molar-refractivity contribution >= 4 is 22.6 Å². The second-order valence-corrected chi connectivity index (χ2v) is 4.98. The number of nitrogens with one attached hydrogen (secondary N) is 1. The van der Waals surface area contributed by atoms with E-state index in [1.165, 1.54) is 14.2 Å². The summed E-state index contributed by atoms with van der Waals surface area (Å²) < 4.78 is 11.9. The van der Waals surface area contributed by atoms with Crippen molar-refractivity contribution in [2.24, 2.45) is 7.05 Å². The number of benzene rings is 1. The third-order valence-corrected chi connectivity index (χ3v) is 3.79. The zero-order valence-electron chi connectivity index (χ0n) is 13.2. The van der Waals surface area contributed by atoms with Crippen LogP contribution < -0.4 is 5.32 Å². The van der Waals surface area contributed by atoms with Gasteiger partial charge in [0.1, 0.15) is 0 Å². The maximum atomic E-state index is 12.5. The Labute approximate surface area is 129 Å². The average Bonchev–Trinajstić information content (AvgIpc) is 2.79. The molecule has 0 saturated heterocycles. The van der Waals surface area contributed by atoms with Gasteiger partial charge in [-0.15, -0.1) is 0 Å². The average molecular weight is 304 g/mol. The molecule has 1 heterocycles. The molecule has 2 rings (SSSR count). The third-order valence-electron chi connectivity index (χ3n) is 3.79. The molecule has 6 nitrogen and oxygen atoms in total. The molecule has 0 aliphatic heterocycles. The highest BCUT2D eigenvalue weighted by Gasteiger charge is 2.24. The molecular formula is C16H20N2O4. The Morgan fingerprint density at radius 3 is 2.50 bits per heavy atom. The van der Waals surface area contributed by atoms with Gasteiger partial charge in [0.25, 0.3) is 11.7 Å². The van der Waals surface area contributed by atoms with Crippen molar-refractivity contribution in [3.63, 3.8) is 0 Å². The minimum atomic E-state index is -0.668. The van der Waals surface area contributed by atoms with E-state index in [1.807, 2.05) is 42.8 Å². The number of fused-ring (bicyclic) bond motifs is 1. The van der Waals surface area contributed by atoms with Crippen LogP contribution >= 0.6 is 0 Å². The Morgan fingerprint density at radius 1 is 1.23 bits per heavy atom. The fourth-order valence-corrected chi connectivity index (χ4v) is 2.44. The van der Waals surface area contributed by atoms with Crippen LogP contribution in [0.3, 0.4) is 0 Å². The van der Waals surface area contributed by atoms with E-state index >= 15 is 0 Å². The summed E-state index contributed by atoms with van der Waals surface area (Å²) in [5, 5.41) is 3.31. The minimum Gasteiger partial charge on any atom is -0.354 e. The van der Waals surface area contributed by atoms with Gasteiger partial charge >= 0.3 is 0 Å². The molecule has 0 spiro atoms. The molecule has 1 aromatic heterocycles. The molecule has 1 amide bonds. The smallest absolute Gasteiger partial charge is 0.292 e. The summed E-state index contributed by atoms with van der Waals surface area (Å²) in [5.41, 5.74) is 2.11. The third kappa shape index (κ3) is 2.88. The Balaban J connectivity index is 2.26. The van der Waals surface area contributed by atoms with Crippen LogP contribution in [0.2, 0.25) is 0 Å². The van der Waals surface area contributed by atoms with E-state index in [9.17, 15) is 9.59 Å². The number of carbonyl (C=O) groups excluding carboxylic acids is 2. The van der Waals surface area contributed by atoms with Gasteiger partial charge in [0.15, 0.2) is 6.29 Å². The number of methoxy groups -OCH3 is 2. The molecule has 0 unspecified atom stereocenters. The van der Waals surface area contributed by atoms with Gasteiger partial charge in [0.2, 0.25) is 0 Å². The largest absolute Gasteiger partial charge is 0.354 e. The van der Waals surface area contributed by atoms with Crippen LogP contribution in [0.4, 0.5) is 0 Å². The first-order valence-electron chi connectivity index (χ1n) is 6.93. The van der Waals surface area contributed by atoms with Crippen LogP contribution in [-0.4, -0.2) is 43.3 Å². The number of ketones is 1. The molecule has 0 atom stereocenters. The number of Topliss-reactive ketones (excluding diaryl/α,β-unsaturated/α-hetero) is 1. The summed E-state index contributed by atoms with van der Waals surface area (Å²) in [6, 6.07) is 7.51. The fraction of sp³-hybridized carbons (Fsp3) is 0.375. The maximum absolute atomic E-state index is 12.5. The lowest BCUT2D eigenvalue weighted by Crippen LogP contribution is -2.38. The van der Waals surface area contributed by atoms with Crippen LogP contribution in [0.25, 0.3) is 10.9 Å². The molecular weight excluding hydrogens is 284 g/mol. The number of hydrogen-bond donors (Lipinski definition) is 1. The molecule has 0 saturated carbocycles. The predicted molar refractivity (Wildman–Crippen MR) is 82.8 cm³/mol. The SMILES string of the molecule is COC(CNC(=O)C(=O)c1c(C)n(C)c2ccccc12)OC. The number of ether oxygens (including phenoxy) is 2. The van der Waals surface area contributed by atoms with Gasteiger partial charge in [-0.05, 0) is 13.0 Å². The van der Waals surface area contributed by atoms with Gasteiger partial charge < -0.3 is 19.4 Å². The van der Waals surface area contributed by atoms with Crippen LogP contribution in [0.1, 0.15) is 16.1 Å². The summed E-state index contributed by atoms with van der Waals surface area (Å²) in [6.07, 6.45) is -0.578. The predicted octanol–water partition coefficient (Wildman–Crippen LogP) is 1.40. The maximum Gasteiger partial charge on any atom is 0.292 e. The normalized spacial score (nSPS) is 11.1. The Morgan fingerprint density at radius 2 is 1.86 bits per heavy atom. The van der Waals surface area contributed by atoms with E-state index in [4.69, 9.17) is 9.47 Å². The second kappa shape index (κ2) is 6.72. The first kappa shape index (κ1) is 16.2. The minimum absolute atomic E-state index is 0.112. The number of para-hydroxylation sites is 1. The van der Waals surface area contributed by atoms with Gasteiger partial charge in [-0.2, -0.15) is 0 Å². The monoisotopic (exact) mass is 304 g/mol. The number of amides is 1. The molecule has 0 fully saturated rings. The van der Waals surface area contributed by atoms with Gasteiger partial charge in [-0.3, -0.25) is 9.59 Å². The summed E-state index contributed by atoms with van der Waals surface area (Å²) in [6.45, 7) is 1.94. The molecule has 6 heteroatoms.